The highest BCUT2D eigenvalue weighted by molar-refractivity contribution is 5.94. The summed E-state index contributed by atoms with van der Waals surface area (Å²) in [7, 11) is 0. The number of amides is 1. The number of aromatic hydroxyl groups is 1. The number of benzene rings is 1. The number of β-amino-alcohol motifs (C(OH)–C–C–N with tert-alkyl or cyclic N) is 1. The standard InChI is InChI=1S/C23H24N6O3/c24-13-16-1-3-17(4-2-16)20-15-26-29(23(20)32)21-6-5-18(14-25-21)22(31)27-19-7-9-28(10-8-19)11-12-30/h1-6,14-15,19,30,32H,7-12H2,(H,27,31). The third-order valence-electron chi connectivity index (χ3n) is 5.63. The van der Waals surface area contributed by atoms with Gasteiger partial charge >= 0.3 is 0 Å². The molecule has 1 fully saturated rings. The van der Waals surface area contributed by atoms with Crippen molar-refractivity contribution in [1.82, 2.24) is 25.0 Å². The summed E-state index contributed by atoms with van der Waals surface area (Å²) in [6, 6.07) is 12.3. The molecule has 0 atom stereocenters. The number of carbonyl (C=O) groups excluding carboxylic acids is 1. The molecule has 1 aromatic carbocycles. The quantitative estimate of drug-likeness (QED) is 0.541. The lowest BCUT2D eigenvalue weighted by atomic mass is 10.0. The zero-order valence-corrected chi connectivity index (χ0v) is 17.5. The number of aliphatic hydroxyl groups excluding tert-OH is 1. The van der Waals surface area contributed by atoms with Crippen molar-refractivity contribution in [1.29, 1.82) is 5.26 Å². The van der Waals surface area contributed by atoms with E-state index < -0.39 is 0 Å². The summed E-state index contributed by atoms with van der Waals surface area (Å²) in [5.74, 6) is 0.123. The molecule has 1 aliphatic rings. The first-order valence-corrected chi connectivity index (χ1v) is 10.5. The van der Waals surface area contributed by atoms with Crippen molar-refractivity contribution in [2.24, 2.45) is 0 Å². The molecule has 3 heterocycles. The molecule has 32 heavy (non-hydrogen) atoms. The Labute approximate surface area is 185 Å². The number of pyridine rings is 1. The Morgan fingerprint density at radius 3 is 2.53 bits per heavy atom. The highest BCUT2D eigenvalue weighted by Gasteiger charge is 2.21. The van der Waals surface area contributed by atoms with Crippen molar-refractivity contribution < 1.29 is 15.0 Å². The third kappa shape index (κ3) is 4.61. The molecular formula is C23H24N6O3. The monoisotopic (exact) mass is 432 g/mol. The number of likely N-dealkylation sites (tertiary alicyclic amines) is 1. The summed E-state index contributed by atoms with van der Waals surface area (Å²) in [5.41, 5.74) is 2.22. The van der Waals surface area contributed by atoms with Gasteiger partial charge in [-0.1, -0.05) is 12.1 Å². The van der Waals surface area contributed by atoms with Gasteiger partial charge in [-0.05, 0) is 42.7 Å². The van der Waals surface area contributed by atoms with Crippen molar-refractivity contribution in [3.05, 3.63) is 59.9 Å². The second kappa shape index (κ2) is 9.60. The molecule has 1 saturated heterocycles. The largest absolute Gasteiger partial charge is 0.493 e. The highest BCUT2D eigenvalue weighted by atomic mass is 16.3. The van der Waals surface area contributed by atoms with E-state index >= 15 is 0 Å². The molecular weight excluding hydrogens is 408 g/mol. The fourth-order valence-electron chi connectivity index (χ4n) is 3.79. The molecule has 1 amide bonds. The van der Waals surface area contributed by atoms with Gasteiger partial charge in [0, 0.05) is 31.9 Å². The van der Waals surface area contributed by atoms with Gasteiger partial charge < -0.3 is 20.4 Å². The van der Waals surface area contributed by atoms with Crippen LogP contribution < -0.4 is 5.32 Å². The van der Waals surface area contributed by atoms with Crippen molar-refractivity contribution in [3.8, 4) is 28.9 Å². The Morgan fingerprint density at radius 2 is 1.91 bits per heavy atom. The molecule has 0 unspecified atom stereocenters. The van der Waals surface area contributed by atoms with E-state index in [2.05, 4.69) is 26.4 Å². The number of nitriles is 1. The molecule has 3 N–H and O–H groups in total. The number of nitrogens with zero attached hydrogens (tertiary/aromatic N) is 5. The number of aliphatic hydroxyl groups is 1. The summed E-state index contributed by atoms with van der Waals surface area (Å²) >= 11 is 0. The van der Waals surface area contributed by atoms with Gasteiger partial charge in [0.15, 0.2) is 5.82 Å². The summed E-state index contributed by atoms with van der Waals surface area (Å²) in [5, 5.41) is 35.8. The summed E-state index contributed by atoms with van der Waals surface area (Å²) in [6.45, 7) is 2.51. The maximum atomic E-state index is 12.6. The number of nitrogens with one attached hydrogen (secondary N) is 1. The third-order valence-corrected chi connectivity index (χ3v) is 5.63. The van der Waals surface area contributed by atoms with Crippen LogP contribution in [0.1, 0.15) is 28.8 Å². The van der Waals surface area contributed by atoms with Crippen molar-refractivity contribution >= 4 is 5.91 Å². The average molecular weight is 432 g/mol. The van der Waals surface area contributed by atoms with Gasteiger partial charge in [-0.15, -0.1) is 0 Å². The lowest BCUT2D eigenvalue weighted by Gasteiger charge is -2.31. The van der Waals surface area contributed by atoms with E-state index in [-0.39, 0.29) is 24.4 Å². The van der Waals surface area contributed by atoms with Crippen LogP contribution in [0, 0.1) is 11.3 Å². The molecule has 0 saturated carbocycles. The maximum Gasteiger partial charge on any atom is 0.253 e. The SMILES string of the molecule is N#Cc1ccc(-c2cnn(-c3ccc(C(=O)NC4CCN(CCO)CC4)cn3)c2O)cc1. The summed E-state index contributed by atoms with van der Waals surface area (Å²) < 4.78 is 1.30. The van der Waals surface area contributed by atoms with E-state index in [1.807, 2.05) is 0 Å². The minimum atomic E-state index is -0.187. The highest BCUT2D eigenvalue weighted by Crippen LogP contribution is 2.30. The second-order valence-corrected chi connectivity index (χ2v) is 7.70. The van der Waals surface area contributed by atoms with Gasteiger partial charge in [-0.2, -0.15) is 15.0 Å². The van der Waals surface area contributed by atoms with Crippen molar-refractivity contribution in [3.63, 3.8) is 0 Å². The zero-order chi connectivity index (χ0) is 22.5. The molecule has 0 aliphatic carbocycles. The van der Waals surface area contributed by atoms with E-state index in [9.17, 15) is 9.90 Å². The Balaban J connectivity index is 1.42. The number of aromatic nitrogens is 3. The Morgan fingerprint density at radius 1 is 1.16 bits per heavy atom. The summed E-state index contributed by atoms with van der Waals surface area (Å²) in [6.07, 6.45) is 4.68. The van der Waals surface area contributed by atoms with E-state index in [1.54, 1.807) is 36.4 Å². The van der Waals surface area contributed by atoms with Crippen LogP contribution >= 0.6 is 0 Å². The van der Waals surface area contributed by atoms with Crippen LogP contribution in [0.5, 0.6) is 5.88 Å². The number of rotatable bonds is 6. The number of hydrogen-bond donors (Lipinski definition) is 3. The fourth-order valence-corrected chi connectivity index (χ4v) is 3.79. The minimum absolute atomic E-state index is 0.0750. The molecule has 1 aliphatic heterocycles. The Kier molecular flexibility index (Phi) is 6.44. The van der Waals surface area contributed by atoms with Crippen molar-refractivity contribution in [2.75, 3.05) is 26.2 Å². The normalized spacial score (nSPS) is 14.8. The van der Waals surface area contributed by atoms with Gasteiger partial charge in [0.05, 0.1) is 35.6 Å². The van der Waals surface area contributed by atoms with Gasteiger partial charge in [0.2, 0.25) is 5.88 Å². The molecule has 0 spiro atoms. The van der Waals surface area contributed by atoms with Crippen LogP contribution in [-0.2, 0) is 0 Å². The van der Waals surface area contributed by atoms with Gasteiger partial charge in [-0.25, -0.2) is 4.98 Å². The first kappa shape index (κ1) is 21.5. The maximum absolute atomic E-state index is 12.6. The molecule has 164 valence electrons. The van der Waals surface area contributed by atoms with Gasteiger partial charge in [0.25, 0.3) is 5.91 Å². The van der Waals surface area contributed by atoms with Crippen LogP contribution in [0.3, 0.4) is 0 Å². The van der Waals surface area contributed by atoms with Crippen molar-refractivity contribution in [2.45, 2.75) is 18.9 Å². The molecule has 9 heteroatoms. The smallest absolute Gasteiger partial charge is 0.253 e. The molecule has 3 aromatic rings. The Hall–Kier alpha value is -3.74. The van der Waals surface area contributed by atoms with Gasteiger partial charge in [-0.3, -0.25) is 4.79 Å². The van der Waals surface area contributed by atoms with Crippen LogP contribution in [0.4, 0.5) is 0 Å². The van der Waals surface area contributed by atoms with E-state index in [1.165, 1.54) is 17.1 Å². The molecule has 4 rings (SSSR count). The molecule has 9 nitrogen and oxygen atoms in total. The van der Waals surface area contributed by atoms with Gasteiger partial charge in [0.1, 0.15) is 0 Å². The average Bonchev–Trinajstić information content (AvgIpc) is 3.22. The molecule has 0 radical (unpaired) electrons. The van der Waals surface area contributed by atoms with E-state index in [4.69, 9.17) is 10.4 Å². The molecule has 0 bridgehead atoms. The number of carbonyl (C=O) groups is 1. The first-order valence-electron chi connectivity index (χ1n) is 10.5. The van der Waals surface area contributed by atoms with Crippen LogP contribution in [0.15, 0.2) is 48.8 Å². The van der Waals surface area contributed by atoms with Crippen LogP contribution in [-0.4, -0.2) is 68.1 Å². The predicted molar refractivity (Wildman–Crippen MR) is 117 cm³/mol. The second-order valence-electron chi connectivity index (χ2n) is 7.70. The zero-order valence-electron chi connectivity index (χ0n) is 17.5. The fraction of sp³-hybridized carbons (Fsp3) is 0.304. The Bertz CT molecular complexity index is 1110. The van der Waals surface area contributed by atoms with Crippen LogP contribution in [0.25, 0.3) is 16.9 Å². The van der Waals surface area contributed by atoms with E-state index in [0.717, 1.165) is 31.5 Å². The van der Waals surface area contributed by atoms with E-state index in [0.29, 0.717) is 29.1 Å². The number of piperidine rings is 1. The molecule has 2 aromatic heterocycles. The lowest BCUT2D eigenvalue weighted by molar-refractivity contribution is 0.0902. The van der Waals surface area contributed by atoms with Crippen LogP contribution in [0.2, 0.25) is 0 Å². The number of hydrogen-bond acceptors (Lipinski definition) is 7. The predicted octanol–water partition coefficient (Wildman–Crippen LogP) is 1.70. The lowest BCUT2D eigenvalue weighted by Crippen LogP contribution is -2.45. The topological polar surface area (TPSA) is 127 Å². The minimum Gasteiger partial charge on any atom is -0.493 e. The summed E-state index contributed by atoms with van der Waals surface area (Å²) in [4.78, 5) is 19.1. The first-order chi connectivity index (χ1) is 15.6.